The first kappa shape index (κ1) is 97.7. The molecule has 9 aliphatic heterocycles. The maximum atomic E-state index is 16.0. The average molecular weight is 1900 g/mol. The van der Waals surface area contributed by atoms with Gasteiger partial charge in [-0.05, 0) is 110 Å². The number of aromatic hydroxyl groups is 3. The Morgan fingerprint density at radius 1 is 0.756 bits per heavy atom. The fourth-order valence-corrected chi connectivity index (χ4v) is 17.7. The molecule has 0 spiro atoms. The minimum atomic E-state index is -2.35. The van der Waals surface area contributed by atoms with Crippen molar-refractivity contribution in [1.82, 2.24) is 52.4 Å². The van der Waals surface area contributed by atoms with Crippen molar-refractivity contribution in [2.24, 2.45) is 22.5 Å². The van der Waals surface area contributed by atoms with Crippen LogP contribution < -0.4 is 73.9 Å². The van der Waals surface area contributed by atoms with Crippen molar-refractivity contribution in [1.29, 1.82) is 0 Å². The zero-order chi connectivity index (χ0) is 95.5. The molecule has 6 aromatic rings. The van der Waals surface area contributed by atoms with E-state index in [4.69, 9.17) is 73.6 Å². The van der Waals surface area contributed by atoms with Crippen LogP contribution in [0.5, 0.6) is 46.0 Å². The van der Waals surface area contributed by atoms with Crippen LogP contribution in [-0.2, 0) is 81.3 Å². The van der Waals surface area contributed by atoms with Crippen LogP contribution in [-0.4, -0.2) is 266 Å². The number of ether oxygens (including phenoxy) is 7. The van der Waals surface area contributed by atoms with Crippen LogP contribution in [0.25, 0.3) is 11.1 Å². The normalized spacial score (nSPS) is 27.5. The number of aliphatic carboxylic acids is 2. The summed E-state index contributed by atoms with van der Waals surface area (Å²) < 4.78 is 43.2. The molecule has 45 nitrogen and oxygen atoms in total. The standard InChI is InChI=1S/C66H75Cl2N9O24.C16H17N5O7S2/c1-23(2)12-34(71-5)58(88)76-49-51(83)26-7-10-38(32(67)14-26)97-40-16-28-17-41(55(40)101-65-56(54(86)53(85)42(22-78)99-65)100-44-21-66(4,70)57(87)24(3)96-44)98-39-11-8-27(15-33(39)68)52(84)50-63(93)75-48(64(94)95)31-18-29(79)19-37(81)45(31)30-13-25(6-9-36(30)80)46(60(90)77-50)74-61(91)47(28)73-59(89)35(20-43(69)82)72-62(49)92;1-6(22)28-3-7-4-29-14-10(13(24)21(14)11(7)15(25)26)19-12(23)9(20-27-2)8-5-30-16(17)18-8/h6-11,13-19,23-24,34-35,42,44,46-54,56-57,65,71,78-81,83-87H,12,20-22,70H2,1-5H3,(H2,69,82)(H,72,92)(H,73,89)(H,74,91)(H,75,93)(H,76,88)(H,77,90)(H,94,95);5,10,14H,3-4H2,1-2H3,(H2,17,18)(H,19,23)(H,25,26)/b;20-9+/t24-,34+,35-,42+,44-,46+,47+,48+,49+,50-,51+,52+,53+,54-,56+,57?,65-,66-;10-,14-/m01/s1. The molecule has 0 aliphatic carbocycles. The Morgan fingerprint density at radius 3 is 1.97 bits per heavy atom. The van der Waals surface area contributed by atoms with Gasteiger partial charge < -0.3 is 154 Å². The number of hydrogen-bond acceptors (Lipinski definition) is 36. The van der Waals surface area contributed by atoms with E-state index < -0.39 is 272 Å². The number of carbonyl (C=O) groups excluding carboxylic acids is 10. The summed E-state index contributed by atoms with van der Waals surface area (Å²) in [5.74, 6) is -19.0. The number of nitrogens with zero attached hydrogens (tertiary/aromatic N) is 3. The minimum absolute atomic E-state index is 0.0975. The van der Waals surface area contributed by atoms with Crippen LogP contribution in [0.4, 0.5) is 5.13 Å². The number of amides is 9. The van der Waals surface area contributed by atoms with Gasteiger partial charge in [-0.1, -0.05) is 60.4 Å². The number of carbonyl (C=O) groups is 12. The number of carboxylic acids is 2. The number of thiazole rings is 1. The Labute approximate surface area is 760 Å². The summed E-state index contributed by atoms with van der Waals surface area (Å²) in [6.45, 7) is 6.63. The van der Waals surface area contributed by atoms with E-state index in [0.29, 0.717) is 5.57 Å². The fourth-order valence-electron chi connectivity index (χ4n) is 15.4. The van der Waals surface area contributed by atoms with Crippen LogP contribution >= 0.6 is 46.3 Å². The number of nitrogen functional groups attached to an aromatic ring is 1. The molecule has 49 heteroatoms. The molecule has 3 saturated heterocycles. The number of halogens is 2. The summed E-state index contributed by atoms with van der Waals surface area (Å²) in [4.78, 5) is 175. The highest BCUT2D eigenvalue weighted by molar-refractivity contribution is 8.00. The van der Waals surface area contributed by atoms with Crippen molar-refractivity contribution in [2.45, 2.75) is 175 Å². The van der Waals surface area contributed by atoms with Gasteiger partial charge in [-0.15, -0.1) is 23.1 Å². The summed E-state index contributed by atoms with van der Waals surface area (Å²) in [6, 6.07) is -1.65. The van der Waals surface area contributed by atoms with E-state index in [2.05, 4.69) is 57.5 Å². The second kappa shape index (κ2) is 40.6. The third-order valence-electron chi connectivity index (χ3n) is 21.9. The third-order valence-corrected chi connectivity index (χ3v) is 24.5. The zero-order valence-corrected chi connectivity index (χ0v) is 73.2. The molecule has 15 rings (SSSR count). The number of likely N-dealkylation sites (N-methyl/N-ethyl adjacent to an activating group) is 1. The van der Waals surface area contributed by atoms with E-state index >= 15 is 14.4 Å². The van der Waals surface area contributed by atoms with E-state index in [1.807, 2.05) is 13.8 Å². The SMILES string of the molecule is CN[C@H](CC(C)C)C(=O)N[C@H]1C(=O)N[C@@H](CC(N)=O)C(=O)N[C@H]2C(=O)N[C@H]3C(=O)N[C@H](C(=O)N[C@@H](C(=O)O)c4cc(O)cc(O)c4-c4cc3ccc4O)[C@H](O)c3ccc(c(Cl)c3)Oc3cc2cc(c3O[C@@H]2O[C@H](CO)[C@@H](O)[C@H](O)[C@H]2O[C@H]2C[C@](C)(N)C(O)[C@H](C)O2)Oc2ccc(cc2Cl)[C@H]1O.CO/N=C(/C(=O)N[C@@H]1C(=O)N2C(C(=O)O)=C(COC(C)=O)CS[C@H]12)c1csc(N)n1. The number of carboxylic acid groups (broad SMARTS) is 2. The molecule has 3 fully saturated rings. The second-order valence-electron chi connectivity index (χ2n) is 31.8. The van der Waals surface area contributed by atoms with Crippen LogP contribution in [0.3, 0.4) is 0 Å². The molecule has 131 heavy (non-hydrogen) atoms. The van der Waals surface area contributed by atoms with Gasteiger partial charge in [0.15, 0.2) is 40.8 Å². The molecule has 25 N–H and O–H groups in total. The summed E-state index contributed by atoms with van der Waals surface area (Å²) in [5.41, 5.74) is 13.7. The van der Waals surface area contributed by atoms with E-state index in [-0.39, 0.29) is 80.8 Å². The monoisotopic (exact) mass is 1900 g/mol. The van der Waals surface area contributed by atoms with Crippen LogP contribution in [0.1, 0.15) is 118 Å². The molecule has 0 radical (unpaired) electrons. The van der Waals surface area contributed by atoms with Gasteiger partial charge in [0.2, 0.25) is 53.4 Å². The first-order valence-electron chi connectivity index (χ1n) is 40.0. The summed E-state index contributed by atoms with van der Waals surface area (Å²) in [5, 5.41) is 147. The number of thioether (sulfide) groups is 1. The van der Waals surface area contributed by atoms with Crippen LogP contribution in [0.2, 0.25) is 10.0 Å². The molecule has 1 unspecified atom stereocenters. The number of oxime groups is 1. The van der Waals surface area contributed by atoms with Gasteiger partial charge in [-0.3, -0.25) is 52.8 Å². The Bertz CT molecular complexity index is 5570. The number of rotatable bonds is 20. The van der Waals surface area contributed by atoms with Crippen LogP contribution in [0.15, 0.2) is 101 Å². The molecule has 5 aromatic carbocycles. The highest BCUT2D eigenvalue weighted by Gasteiger charge is 2.56. The van der Waals surface area contributed by atoms with Crippen molar-refractivity contribution in [3.8, 4) is 57.1 Å². The lowest BCUT2D eigenvalue weighted by Gasteiger charge is -2.49. The molecule has 9 aliphatic rings. The van der Waals surface area contributed by atoms with Gasteiger partial charge in [0.25, 0.3) is 11.8 Å². The minimum Gasteiger partial charge on any atom is -0.508 e. The van der Waals surface area contributed by atoms with E-state index in [9.17, 15) is 99.3 Å². The first-order valence-corrected chi connectivity index (χ1v) is 42.7. The highest BCUT2D eigenvalue weighted by atomic mass is 35.5. The van der Waals surface area contributed by atoms with Gasteiger partial charge in [-0.25, -0.2) is 14.6 Å². The van der Waals surface area contributed by atoms with Crippen LogP contribution in [0, 0.1) is 5.92 Å². The quantitative estimate of drug-likeness (QED) is 0.0198. The third kappa shape index (κ3) is 21.3. The molecule has 1 aromatic heterocycles. The number of fused-ring (bicyclic) bond motifs is 16. The molecule has 10 heterocycles. The van der Waals surface area contributed by atoms with Crippen molar-refractivity contribution in [3.05, 3.63) is 139 Å². The molecule has 0 saturated carbocycles. The highest BCUT2D eigenvalue weighted by Crippen LogP contribution is 2.51. The number of phenols is 3. The largest absolute Gasteiger partial charge is 0.508 e. The topological polar surface area (TPSA) is 704 Å². The first-order chi connectivity index (χ1) is 61.9. The van der Waals surface area contributed by atoms with Crippen molar-refractivity contribution in [3.63, 3.8) is 0 Å². The summed E-state index contributed by atoms with van der Waals surface area (Å²) >= 11 is 16.5. The predicted molar refractivity (Wildman–Crippen MR) is 456 cm³/mol. The smallest absolute Gasteiger partial charge is 0.352 e. The van der Waals surface area contributed by atoms with Crippen molar-refractivity contribution < 1.29 is 152 Å². The molecule has 11 bridgehead atoms. The summed E-state index contributed by atoms with van der Waals surface area (Å²) in [6.07, 6.45) is -18.6. The number of aromatic nitrogens is 1. The number of hydrogen-bond donors (Lipinski definition) is 22. The Kier molecular flexibility index (Phi) is 30.3. The number of esters is 1. The molecule has 702 valence electrons. The number of phenolic OH excluding ortho intramolecular Hbond substituents is 3. The van der Waals surface area contributed by atoms with Gasteiger partial charge >= 0.3 is 17.9 Å². The van der Waals surface area contributed by atoms with Crippen molar-refractivity contribution in [2.75, 3.05) is 38.9 Å². The number of β-lactam (4-membered cyclic amide) rings is 1. The average Bonchev–Trinajstić information content (AvgIpc) is 1.19. The number of aliphatic hydroxyl groups is 6. The predicted octanol–water partition coefficient (Wildman–Crippen LogP) is -0.516. The molecular formula is C82H92Cl2N14O31S2. The van der Waals surface area contributed by atoms with Crippen molar-refractivity contribution >= 4 is 128 Å². The number of benzene rings is 5. The van der Waals surface area contributed by atoms with Gasteiger partial charge in [0, 0.05) is 58.3 Å². The van der Waals surface area contributed by atoms with Gasteiger partial charge in [0.05, 0.1) is 41.3 Å². The number of aliphatic hydroxyl groups excluding tert-OH is 6. The van der Waals surface area contributed by atoms with Gasteiger partial charge in [-0.2, -0.15) is 0 Å². The Morgan fingerprint density at radius 2 is 1.39 bits per heavy atom. The maximum absolute atomic E-state index is 16.0. The number of primary amides is 1. The lowest BCUT2D eigenvalue weighted by atomic mass is 9.86. The Balaban J connectivity index is 0.000000435. The number of anilines is 1. The molecular weight excluding hydrogens is 1810 g/mol. The summed E-state index contributed by atoms with van der Waals surface area (Å²) in [7, 11) is 2.73. The Hall–Kier alpha value is -12.3. The lowest BCUT2D eigenvalue weighted by molar-refractivity contribution is -0.333. The molecule has 20 atom stereocenters. The zero-order valence-electron chi connectivity index (χ0n) is 70.1. The van der Waals surface area contributed by atoms with Gasteiger partial charge in [0.1, 0.15) is 126 Å². The maximum Gasteiger partial charge on any atom is 0.352 e. The van der Waals surface area contributed by atoms with E-state index in [1.54, 1.807) is 0 Å². The van der Waals surface area contributed by atoms with E-state index in [1.165, 1.54) is 64.2 Å². The molecule has 9 amide bonds. The second-order valence-corrected chi connectivity index (χ2v) is 34.6. The number of nitrogens with two attached hydrogens (primary N) is 3. The van der Waals surface area contributed by atoms with E-state index in [0.717, 1.165) is 83.0 Å². The fraction of sp³-hybridized carbons (Fsp3) is 0.415. The lowest BCUT2D eigenvalue weighted by Crippen LogP contribution is -2.71. The number of nitrogens with one attached hydrogen (secondary N) is 8.